The molecule has 0 aromatic carbocycles. The topological polar surface area (TPSA) is 98.6 Å². The molecular formula is C14H17FN2O5S2. The maximum absolute atomic E-state index is 12.0. The van der Waals surface area contributed by atoms with Gasteiger partial charge >= 0.3 is 11.9 Å². The van der Waals surface area contributed by atoms with Crippen LogP contribution >= 0.6 is 22.7 Å². The van der Waals surface area contributed by atoms with Gasteiger partial charge in [0, 0.05) is 10.8 Å². The average Bonchev–Trinajstić information content (AvgIpc) is 3.25. The lowest BCUT2D eigenvalue weighted by molar-refractivity contribution is 0.0516. The minimum atomic E-state index is -0.643. The summed E-state index contributed by atoms with van der Waals surface area (Å²) in [7, 11) is 0. The lowest BCUT2D eigenvalue weighted by Gasteiger charge is -1.95. The van der Waals surface area contributed by atoms with Crippen LogP contribution in [0.15, 0.2) is 10.8 Å². The Bertz CT molecular complexity index is 603. The monoisotopic (exact) mass is 376 g/mol. The number of carbonyl (C=O) groups is 2. The molecule has 0 atom stereocenters. The number of aromatic nitrogens is 2. The largest absolute Gasteiger partial charge is 0.461 e. The molecule has 0 unspecified atom stereocenters. The molecule has 0 amide bonds. The van der Waals surface area contributed by atoms with Gasteiger partial charge in [-0.15, -0.1) is 22.7 Å². The molecule has 1 N–H and O–H groups in total. The second kappa shape index (κ2) is 10.8. The van der Waals surface area contributed by atoms with Crippen LogP contribution in [0.2, 0.25) is 0 Å². The van der Waals surface area contributed by atoms with Crippen molar-refractivity contribution in [1.82, 2.24) is 9.97 Å². The van der Waals surface area contributed by atoms with Crippen LogP contribution in [0, 0.1) is 0 Å². The van der Waals surface area contributed by atoms with Gasteiger partial charge in [-0.05, 0) is 13.8 Å². The van der Waals surface area contributed by atoms with E-state index in [0.29, 0.717) is 23.9 Å². The molecule has 0 aliphatic heterocycles. The van der Waals surface area contributed by atoms with Crippen molar-refractivity contribution in [3.8, 4) is 0 Å². The maximum atomic E-state index is 12.0. The Morgan fingerprint density at radius 1 is 1.04 bits per heavy atom. The van der Waals surface area contributed by atoms with Gasteiger partial charge < -0.3 is 14.6 Å². The summed E-state index contributed by atoms with van der Waals surface area (Å²) in [6, 6.07) is 0. The van der Waals surface area contributed by atoms with Crippen LogP contribution in [0.4, 0.5) is 4.39 Å². The second-order valence-corrected chi connectivity index (χ2v) is 5.74. The summed E-state index contributed by atoms with van der Waals surface area (Å²) in [5.74, 6) is -0.913. The number of esters is 2. The van der Waals surface area contributed by atoms with Crippen LogP contribution in [-0.4, -0.2) is 40.2 Å². The van der Waals surface area contributed by atoms with E-state index < -0.39 is 18.6 Å². The van der Waals surface area contributed by atoms with E-state index in [0.717, 1.165) is 11.3 Å². The molecule has 2 aromatic heterocycles. The van der Waals surface area contributed by atoms with Crippen molar-refractivity contribution < 1.29 is 28.6 Å². The predicted octanol–water partition coefficient (Wildman–Crippen LogP) is 2.60. The molecule has 2 aromatic rings. The van der Waals surface area contributed by atoms with Crippen LogP contribution in [0.1, 0.15) is 44.8 Å². The van der Waals surface area contributed by atoms with Crippen LogP contribution in [0.3, 0.4) is 0 Å². The van der Waals surface area contributed by atoms with Gasteiger partial charge in [0.15, 0.2) is 0 Å². The zero-order chi connectivity index (χ0) is 17.9. The SMILES string of the molecule is CCOC(=O)c1nc(CF)cs1.CCOC(=O)c1nc(CO)cs1. The number of aliphatic hydroxyl groups is 1. The van der Waals surface area contributed by atoms with E-state index in [4.69, 9.17) is 9.84 Å². The van der Waals surface area contributed by atoms with E-state index in [1.165, 1.54) is 16.7 Å². The third-order valence-electron chi connectivity index (χ3n) is 2.30. The zero-order valence-electron chi connectivity index (χ0n) is 13.2. The molecule has 132 valence electrons. The number of alkyl halides is 1. The Kier molecular flexibility index (Phi) is 9.05. The molecule has 2 rings (SSSR count). The van der Waals surface area contributed by atoms with Crippen LogP contribution in [0.5, 0.6) is 0 Å². The minimum absolute atomic E-state index is 0.143. The average molecular weight is 376 g/mol. The molecule has 10 heteroatoms. The minimum Gasteiger partial charge on any atom is -0.461 e. The summed E-state index contributed by atoms with van der Waals surface area (Å²) < 4.78 is 21.4. The normalized spacial score (nSPS) is 9.83. The molecule has 0 saturated carbocycles. The van der Waals surface area contributed by atoms with Gasteiger partial charge in [-0.1, -0.05) is 0 Å². The highest BCUT2D eigenvalue weighted by Gasteiger charge is 2.11. The van der Waals surface area contributed by atoms with Gasteiger partial charge in [-0.3, -0.25) is 0 Å². The molecule has 0 bridgehead atoms. The quantitative estimate of drug-likeness (QED) is 0.774. The fourth-order valence-electron chi connectivity index (χ4n) is 1.32. The number of thiazole rings is 2. The zero-order valence-corrected chi connectivity index (χ0v) is 14.8. The summed E-state index contributed by atoms with van der Waals surface area (Å²) in [6.07, 6.45) is 0. The molecule has 0 spiro atoms. The van der Waals surface area contributed by atoms with Crippen molar-refractivity contribution in [2.75, 3.05) is 13.2 Å². The Balaban J connectivity index is 0.000000240. The highest BCUT2D eigenvalue weighted by Crippen LogP contribution is 2.12. The molecular weight excluding hydrogens is 359 g/mol. The molecule has 24 heavy (non-hydrogen) atoms. The van der Waals surface area contributed by atoms with Crippen LogP contribution < -0.4 is 0 Å². The first-order valence-electron chi connectivity index (χ1n) is 6.95. The van der Waals surface area contributed by atoms with Crippen LogP contribution in [0.25, 0.3) is 0 Å². The first-order chi connectivity index (χ1) is 11.5. The molecule has 0 aliphatic rings. The number of aliphatic hydroxyl groups excluding tert-OH is 1. The number of ether oxygens (including phenoxy) is 2. The number of nitrogens with zero attached hydrogens (tertiary/aromatic N) is 2. The fraction of sp³-hybridized carbons (Fsp3) is 0.429. The third kappa shape index (κ3) is 6.30. The summed E-state index contributed by atoms with van der Waals surface area (Å²) >= 11 is 2.27. The molecule has 0 radical (unpaired) electrons. The summed E-state index contributed by atoms with van der Waals surface area (Å²) in [5, 5.41) is 12.3. The van der Waals surface area contributed by atoms with E-state index >= 15 is 0 Å². The molecule has 2 heterocycles. The van der Waals surface area contributed by atoms with Crippen molar-refractivity contribution in [2.24, 2.45) is 0 Å². The van der Waals surface area contributed by atoms with E-state index in [1.807, 2.05) is 0 Å². The van der Waals surface area contributed by atoms with E-state index in [-0.39, 0.29) is 17.3 Å². The Morgan fingerprint density at radius 3 is 1.83 bits per heavy atom. The van der Waals surface area contributed by atoms with Crippen molar-refractivity contribution in [3.63, 3.8) is 0 Å². The smallest absolute Gasteiger partial charge is 0.367 e. The Morgan fingerprint density at radius 2 is 1.50 bits per heavy atom. The van der Waals surface area contributed by atoms with Crippen molar-refractivity contribution >= 4 is 34.6 Å². The number of hydrogen-bond acceptors (Lipinski definition) is 9. The molecule has 0 saturated heterocycles. The summed E-state index contributed by atoms with van der Waals surface area (Å²) in [5.41, 5.74) is 0.783. The maximum Gasteiger partial charge on any atom is 0.367 e. The second-order valence-electron chi connectivity index (χ2n) is 4.02. The van der Waals surface area contributed by atoms with Crippen molar-refractivity contribution in [1.29, 1.82) is 0 Å². The first kappa shape index (κ1) is 20.1. The number of rotatable bonds is 6. The number of carbonyl (C=O) groups excluding carboxylic acids is 2. The molecule has 0 fully saturated rings. The lowest BCUT2D eigenvalue weighted by Crippen LogP contribution is -2.04. The molecule has 0 aliphatic carbocycles. The van der Waals surface area contributed by atoms with Crippen molar-refractivity contribution in [2.45, 2.75) is 27.1 Å². The lowest BCUT2D eigenvalue weighted by atomic mass is 10.5. The van der Waals surface area contributed by atoms with Gasteiger partial charge in [0.25, 0.3) is 0 Å². The first-order valence-corrected chi connectivity index (χ1v) is 8.71. The van der Waals surface area contributed by atoms with E-state index in [9.17, 15) is 14.0 Å². The van der Waals surface area contributed by atoms with Gasteiger partial charge in [-0.25, -0.2) is 23.9 Å². The Labute approximate surface area is 146 Å². The number of hydrogen-bond donors (Lipinski definition) is 1. The highest BCUT2D eigenvalue weighted by atomic mass is 32.1. The van der Waals surface area contributed by atoms with E-state index in [2.05, 4.69) is 14.7 Å². The van der Waals surface area contributed by atoms with Gasteiger partial charge in [0.05, 0.1) is 31.2 Å². The van der Waals surface area contributed by atoms with Gasteiger partial charge in [0.2, 0.25) is 10.0 Å². The fourth-order valence-corrected chi connectivity index (χ4v) is 2.71. The number of halogens is 1. The Hall–Kier alpha value is -1.91. The molecule has 7 nitrogen and oxygen atoms in total. The third-order valence-corrected chi connectivity index (χ3v) is 4.04. The highest BCUT2D eigenvalue weighted by molar-refractivity contribution is 7.12. The predicted molar refractivity (Wildman–Crippen MR) is 86.9 cm³/mol. The van der Waals surface area contributed by atoms with Crippen molar-refractivity contribution in [3.05, 3.63) is 32.2 Å². The standard InChI is InChI=1S/C7H8FNO2S.C7H9NO3S/c1-2-11-7(10)6-9-5(3-8)4-12-6;1-2-11-7(10)6-8-5(3-9)4-12-6/h4H,2-3H2,1H3;4,9H,2-3H2,1H3. The van der Waals surface area contributed by atoms with E-state index in [1.54, 1.807) is 19.2 Å². The van der Waals surface area contributed by atoms with Gasteiger partial charge in [0.1, 0.15) is 6.67 Å². The van der Waals surface area contributed by atoms with Crippen LogP contribution in [-0.2, 0) is 22.8 Å². The summed E-state index contributed by atoms with van der Waals surface area (Å²) in [4.78, 5) is 29.6. The summed E-state index contributed by atoms with van der Waals surface area (Å²) in [6.45, 7) is 3.31. The van der Waals surface area contributed by atoms with Gasteiger partial charge in [-0.2, -0.15) is 0 Å².